The summed E-state index contributed by atoms with van der Waals surface area (Å²) in [5, 5.41) is 13.4. The smallest absolute Gasteiger partial charge is 0.504 e. The van der Waals surface area contributed by atoms with Gasteiger partial charge < -0.3 is 9.84 Å². The van der Waals surface area contributed by atoms with E-state index in [1.165, 1.54) is 12.4 Å². The van der Waals surface area contributed by atoms with Crippen LogP contribution in [0.3, 0.4) is 0 Å². The second-order valence-electron chi connectivity index (χ2n) is 4.35. The molecule has 2 aromatic rings. The van der Waals surface area contributed by atoms with Gasteiger partial charge in [-0.15, -0.1) is 13.2 Å². The van der Waals surface area contributed by atoms with Crippen molar-refractivity contribution in [3.8, 4) is 22.9 Å². The summed E-state index contributed by atoms with van der Waals surface area (Å²) in [5.74, 6) is -0.873. The standard InChI is InChI=1S/C12H12F3N3O2/c1-7(2)18-11(16-6-17-18)8-3-4-9(19)10(5-8)20-12(13,14)15/h3-7,19H,1-2H3. The minimum atomic E-state index is -4.87. The third kappa shape index (κ3) is 3.01. The first-order valence-corrected chi connectivity index (χ1v) is 5.76. The molecule has 0 aliphatic rings. The van der Waals surface area contributed by atoms with Crippen molar-refractivity contribution in [1.29, 1.82) is 0 Å². The zero-order chi connectivity index (χ0) is 14.9. The van der Waals surface area contributed by atoms with Gasteiger partial charge in [-0.3, -0.25) is 0 Å². The van der Waals surface area contributed by atoms with Crippen LogP contribution < -0.4 is 4.74 Å². The molecule has 1 heterocycles. The Bertz CT molecular complexity index is 608. The fraction of sp³-hybridized carbons (Fsp3) is 0.333. The molecular weight excluding hydrogens is 275 g/mol. The lowest BCUT2D eigenvalue weighted by molar-refractivity contribution is -0.275. The van der Waals surface area contributed by atoms with Crippen LogP contribution in [-0.2, 0) is 0 Å². The molecule has 0 unspecified atom stereocenters. The van der Waals surface area contributed by atoms with Crippen molar-refractivity contribution < 1.29 is 23.0 Å². The molecule has 0 saturated carbocycles. The van der Waals surface area contributed by atoms with Crippen molar-refractivity contribution in [3.05, 3.63) is 24.5 Å². The fourth-order valence-corrected chi connectivity index (χ4v) is 1.69. The predicted molar refractivity (Wildman–Crippen MR) is 64.2 cm³/mol. The molecule has 108 valence electrons. The zero-order valence-electron chi connectivity index (χ0n) is 10.7. The maximum atomic E-state index is 12.2. The summed E-state index contributed by atoms with van der Waals surface area (Å²) < 4.78 is 42.0. The molecule has 0 saturated heterocycles. The summed E-state index contributed by atoms with van der Waals surface area (Å²) in [6.07, 6.45) is -3.56. The lowest BCUT2D eigenvalue weighted by Crippen LogP contribution is -2.17. The van der Waals surface area contributed by atoms with Crippen LogP contribution in [-0.4, -0.2) is 26.2 Å². The van der Waals surface area contributed by atoms with Gasteiger partial charge in [0.1, 0.15) is 6.33 Å². The molecule has 1 aromatic carbocycles. The number of hydrogen-bond acceptors (Lipinski definition) is 4. The van der Waals surface area contributed by atoms with E-state index in [4.69, 9.17) is 0 Å². The summed E-state index contributed by atoms with van der Waals surface area (Å²) in [7, 11) is 0. The molecule has 5 nitrogen and oxygen atoms in total. The van der Waals surface area contributed by atoms with Gasteiger partial charge >= 0.3 is 6.36 Å². The number of aromatic nitrogens is 3. The number of ether oxygens (including phenoxy) is 1. The Morgan fingerprint density at radius 1 is 1.30 bits per heavy atom. The molecule has 0 bridgehead atoms. The van der Waals surface area contributed by atoms with E-state index in [1.54, 1.807) is 4.68 Å². The van der Waals surface area contributed by atoms with Crippen LogP contribution in [0.15, 0.2) is 24.5 Å². The third-order valence-electron chi connectivity index (χ3n) is 2.51. The highest BCUT2D eigenvalue weighted by Crippen LogP contribution is 2.35. The van der Waals surface area contributed by atoms with Crippen LogP contribution in [0.1, 0.15) is 19.9 Å². The van der Waals surface area contributed by atoms with E-state index >= 15 is 0 Å². The van der Waals surface area contributed by atoms with Crippen molar-refractivity contribution in [3.63, 3.8) is 0 Å². The molecule has 0 spiro atoms. The number of hydrogen-bond donors (Lipinski definition) is 1. The average Bonchev–Trinajstić information content (AvgIpc) is 2.79. The monoisotopic (exact) mass is 287 g/mol. The Kier molecular flexibility index (Phi) is 3.56. The molecule has 20 heavy (non-hydrogen) atoms. The number of halogens is 3. The van der Waals surface area contributed by atoms with E-state index in [2.05, 4.69) is 14.8 Å². The van der Waals surface area contributed by atoms with Crippen LogP contribution in [0, 0.1) is 0 Å². The van der Waals surface area contributed by atoms with Gasteiger partial charge in [-0.05, 0) is 32.0 Å². The van der Waals surface area contributed by atoms with Crippen molar-refractivity contribution in [2.45, 2.75) is 26.3 Å². The van der Waals surface area contributed by atoms with Crippen LogP contribution in [0.5, 0.6) is 11.5 Å². The number of alkyl halides is 3. The van der Waals surface area contributed by atoms with E-state index in [0.29, 0.717) is 11.4 Å². The number of benzene rings is 1. The lowest BCUT2D eigenvalue weighted by atomic mass is 10.2. The van der Waals surface area contributed by atoms with E-state index < -0.39 is 17.9 Å². The Morgan fingerprint density at radius 3 is 2.60 bits per heavy atom. The van der Waals surface area contributed by atoms with E-state index in [0.717, 1.165) is 12.1 Å². The maximum Gasteiger partial charge on any atom is 0.573 e. The van der Waals surface area contributed by atoms with Crippen molar-refractivity contribution in [1.82, 2.24) is 14.8 Å². The van der Waals surface area contributed by atoms with Crippen molar-refractivity contribution >= 4 is 0 Å². The van der Waals surface area contributed by atoms with Crippen LogP contribution in [0.25, 0.3) is 11.4 Å². The molecule has 8 heteroatoms. The minimum absolute atomic E-state index is 0.00622. The van der Waals surface area contributed by atoms with Crippen LogP contribution in [0.4, 0.5) is 13.2 Å². The molecule has 0 aliphatic carbocycles. The Labute approximate surface area is 112 Å². The van der Waals surface area contributed by atoms with Crippen molar-refractivity contribution in [2.75, 3.05) is 0 Å². The number of nitrogens with zero attached hydrogens (tertiary/aromatic N) is 3. The van der Waals surface area contributed by atoms with E-state index in [-0.39, 0.29) is 6.04 Å². The molecule has 1 N–H and O–H groups in total. The SMILES string of the molecule is CC(C)n1ncnc1-c1ccc(O)c(OC(F)(F)F)c1. The number of phenolic OH excluding ortho intramolecular Hbond substituents is 1. The van der Waals surface area contributed by atoms with Gasteiger partial charge in [0.15, 0.2) is 17.3 Å². The molecule has 0 radical (unpaired) electrons. The fourth-order valence-electron chi connectivity index (χ4n) is 1.69. The number of phenols is 1. The first-order chi connectivity index (χ1) is 9.28. The summed E-state index contributed by atoms with van der Waals surface area (Å²) >= 11 is 0. The van der Waals surface area contributed by atoms with E-state index in [9.17, 15) is 18.3 Å². The highest BCUT2D eigenvalue weighted by atomic mass is 19.4. The molecule has 1 aromatic heterocycles. The number of aromatic hydroxyl groups is 1. The van der Waals surface area contributed by atoms with Crippen LogP contribution >= 0.6 is 0 Å². The van der Waals surface area contributed by atoms with Gasteiger partial charge in [-0.2, -0.15) is 5.10 Å². The van der Waals surface area contributed by atoms with Crippen LogP contribution in [0.2, 0.25) is 0 Å². The average molecular weight is 287 g/mol. The topological polar surface area (TPSA) is 60.2 Å². The lowest BCUT2D eigenvalue weighted by Gasteiger charge is -2.13. The highest BCUT2D eigenvalue weighted by Gasteiger charge is 2.32. The van der Waals surface area contributed by atoms with E-state index in [1.807, 2.05) is 13.8 Å². The summed E-state index contributed by atoms with van der Waals surface area (Å²) in [6.45, 7) is 3.73. The maximum absolute atomic E-state index is 12.2. The van der Waals surface area contributed by atoms with Gasteiger partial charge in [0.25, 0.3) is 0 Å². The molecule has 2 rings (SSSR count). The van der Waals surface area contributed by atoms with Gasteiger partial charge in [0, 0.05) is 11.6 Å². The van der Waals surface area contributed by atoms with Gasteiger partial charge in [0.05, 0.1) is 0 Å². The largest absolute Gasteiger partial charge is 0.573 e. The molecule has 0 atom stereocenters. The summed E-state index contributed by atoms with van der Waals surface area (Å²) in [4.78, 5) is 4.01. The zero-order valence-corrected chi connectivity index (χ0v) is 10.7. The quantitative estimate of drug-likeness (QED) is 0.942. The number of rotatable bonds is 3. The highest BCUT2D eigenvalue weighted by molar-refractivity contribution is 5.61. The predicted octanol–water partition coefficient (Wildman–Crippen LogP) is 3.13. The second-order valence-corrected chi connectivity index (χ2v) is 4.35. The first kappa shape index (κ1) is 14.2. The normalized spacial score (nSPS) is 11.9. The Morgan fingerprint density at radius 2 is 2.00 bits per heavy atom. The van der Waals surface area contributed by atoms with Gasteiger partial charge in [-0.25, -0.2) is 9.67 Å². The molecular formula is C12H12F3N3O2. The first-order valence-electron chi connectivity index (χ1n) is 5.76. The Balaban J connectivity index is 2.43. The van der Waals surface area contributed by atoms with Gasteiger partial charge in [0.2, 0.25) is 0 Å². The summed E-state index contributed by atoms with van der Waals surface area (Å²) in [6, 6.07) is 3.64. The Hall–Kier alpha value is -2.25. The summed E-state index contributed by atoms with van der Waals surface area (Å²) in [5.41, 5.74) is 0.369. The minimum Gasteiger partial charge on any atom is -0.504 e. The molecule has 0 amide bonds. The van der Waals surface area contributed by atoms with Gasteiger partial charge in [-0.1, -0.05) is 0 Å². The second kappa shape index (κ2) is 5.03. The molecule has 0 fully saturated rings. The molecule has 0 aliphatic heterocycles. The van der Waals surface area contributed by atoms with Crippen molar-refractivity contribution in [2.24, 2.45) is 0 Å². The third-order valence-corrected chi connectivity index (χ3v) is 2.51.